The number of hydrogen-bond acceptors (Lipinski definition) is 1. The summed E-state index contributed by atoms with van der Waals surface area (Å²) in [6.45, 7) is 0. The molecule has 0 heterocycles. The van der Waals surface area contributed by atoms with Gasteiger partial charge in [-0.05, 0) is 17.7 Å². The van der Waals surface area contributed by atoms with Gasteiger partial charge < -0.3 is 5.11 Å². The molecule has 1 aromatic rings. The highest BCUT2D eigenvalue weighted by molar-refractivity contribution is 5.32. The maximum absolute atomic E-state index is 12.6. The van der Waals surface area contributed by atoms with Crippen LogP contribution in [0.2, 0.25) is 0 Å². The van der Waals surface area contributed by atoms with E-state index in [0.717, 1.165) is 0 Å². The van der Waals surface area contributed by atoms with Crippen LogP contribution < -0.4 is 0 Å². The zero-order valence-electron chi connectivity index (χ0n) is 7.60. The van der Waals surface area contributed by atoms with E-state index in [0.29, 0.717) is 12.1 Å². The van der Waals surface area contributed by atoms with E-state index in [1.807, 2.05) is 0 Å². The first-order chi connectivity index (χ1) is 7.23. The Balaban J connectivity index is 3.29. The van der Waals surface area contributed by atoms with E-state index >= 15 is 0 Å². The molecular weight excluding hydrogens is 238 g/mol. The van der Waals surface area contributed by atoms with Crippen LogP contribution in [0.25, 0.3) is 0 Å². The Morgan fingerprint density at radius 2 is 1.69 bits per heavy atom. The van der Waals surface area contributed by atoms with E-state index in [4.69, 9.17) is 5.11 Å². The van der Waals surface area contributed by atoms with Crippen molar-refractivity contribution in [3.63, 3.8) is 0 Å². The number of hydrogen-bond donors (Lipinski definition) is 1. The second-order valence-electron chi connectivity index (χ2n) is 3.01. The topological polar surface area (TPSA) is 20.2 Å². The summed E-state index contributed by atoms with van der Waals surface area (Å²) in [6, 6.07) is 1.14. The predicted molar refractivity (Wildman–Crippen MR) is 42.4 cm³/mol. The summed E-state index contributed by atoms with van der Waals surface area (Å²) in [4.78, 5) is 0. The molecule has 0 radical (unpaired) electrons. The third-order valence-electron chi connectivity index (χ3n) is 1.88. The molecule has 0 aliphatic heterocycles. The van der Waals surface area contributed by atoms with Gasteiger partial charge in [0, 0.05) is 0 Å². The fourth-order valence-corrected chi connectivity index (χ4v) is 1.17. The van der Waals surface area contributed by atoms with Crippen LogP contribution in [-0.2, 0) is 6.18 Å². The van der Waals surface area contributed by atoms with Crippen LogP contribution in [0.5, 0.6) is 0 Å². The Labute approximate surface area is 86.3 Å². The minimum Gasteiger partial charge on any atom is -0.382 e. The van der Waals surface area contributed by atoms with Gasteiger partial charge in [-0.3, -0.25) is 0 Å². The molecule has 1 unspecified atom stereocenters. The van der Waals surface area contributed by atoms with Crippen LogP contribution in [0.4, 0.5) is 26.3 Å². The molecule has 16 heavy (non-hydrogen) atoms. The van der Waals surface area contributed by atoms with Gasteiger partial charge in [0.05, 0.1) is 5.56 Å². The highest BCUT2D eigenvalue weighted by Gasteiger charge is 2.37. The van der Waals surface area contributed by atoms with Gasteiger partial charge in [-0.25, -0.2) is 13.2 Å². The van der Waals surface area contributed by atoms with Crippen molar-refractivity contribution < 1.29 is 31.4 Å². The van der Waals surface area contributed by atoms with Gasteiger partial charge in [0.25, 0.3) is 6.43 Å². The second-order valence-corrected chi connectivity index (χ2v) is 3.01. The zero-order valence-corrected chi connectivity index (χ0v) is 7.60. The highest BCUT2D eigenvalue weighted by Crippen LogP contribution is 2.36. The first kappa shape index (κ1) is 12.8. The molecule has 1 rings (SSSR count). The van der Waals surface area contributed by atoms with E-state index in [2.05, 4.69) is 0 Å². The van der Waals surface area contributed by atoms with E-state index in [1.54, 1.807) is 0 Å². The molecule has 7 heteroatoms. The monoisotopic (exact) mass is 244 g/mol. The van der Waals surface area contributed by atoms with Crippen LogP contribution in [-0.4, -0.2) is 11.5 Å². The Hall–Kier alpha value is -1.24. The summed E-state index contributed by atoms with van der Waals surface area (Å²) < 4.78 is 73.7. The van der Waals surface area contributed by atoms with Crippen LogP contribution in [0.3, 0.4) is 0 Å². The maximum Gasteiger partial charge on any atom is 0.416 e. The molecule has 0 aliphatic rings. The first-order valence-corrected chi connectivity index (χ1v) is 4.06. The average Bonchev–Trinajstić information content (AvgIpc) is 2.15. The normalized spacial score (nSPS) is 14.2. The Morgan fingerprint density at radius 1 is 1.12 bits per heavy atom. The SMILES string of the molecule is OC(c1ccc(F)cc1C(F)(F)F)C(F)F. The molecular formula is C9H6F6O. The summed E-state index contributed by atoms with van der Waals surface area (Å²) in [6.07, 6.45) is -10.9. The smallest absolute Gasteiger partial charge is 0.382 e. The largest absolute Gasteiger partial charge is 0.416 e. The van der Waals surface area contributed by atoms with Crippen LogP contribution in [0, 0.1) is 5.82 Å². The highest BCUT2D eigenvalue weighted by atomic mass is 19.4. The molecule has 1 nitrogen and oxygen atoms in total. The van der Waals surface area contributed by atoms with Gasteiger partial charge in [0.1, 0.15) is 11.9 Å². The number of alkyl halides is 5. The minimum absolute atomic E-state index is 0.0704. The fraction of sp³-hybridized carbons (Fsp3) is 0.333. The fourth-order valence-electron chi connectivity index (χ4n) is 1.17. The van der Waals surface area contributed by atoms with Crippen LogP contribution in [0.1, 0.15) is 17.2 Å². The summed E-state index contributed by atoms with van der Waals surface area (Å²) >= 11 is 0. The maximum atomic E-state index is 12.6. The van der Waals surface area contributed by atoms with Crippen molar-refractivity contribution >= 4 is 0 Å². The predicted octanol–water partition coefficient (Wildman–Crippen LogP) is 3.14. The molecule has 0 aliphatic carbocycles. The van der Waals surface area contributed by atoms with Crippen LogP contribution in [0.15, 0.2) is 18.2 Å². The van der Waals surface area contributed by atoms with Crippen molar-refractivity contribution in [2.75, 3.05) is 0 Å². The van der Waals surface area contributed by atoms with Gasteiger partial charge in [0.15, 0.2) is 0 Å². The zero-order chi connectivity index (χ0) is 12.5. The Kier molecular flexibility index (Phi) is 3.47. The molecule has 0 fully saturated rings. The second kappa shape index (κ2) is 4.32. The quantitative estimate of drug-likeness (QED) is 0.792. The van der Waals surface area contributed by atoms with Crippen LogP contribution >= 0.6 is 0 Å². The lowest BCUT2D eigenvalue weighted by atomic mass is 10.0. The lowest BCUT2D eigenvalue weighted by molar-refractivity contribution is -0.140. The number of aliphatic hydroxyl groups is 1. The van der Waals surface area contributed by atoms with E-state index in [-0.39, 0.29) is 6.07 Å². The molecule has 0 saturated carbocycles. The molecule has 0 saturated heterocycles. The van der Waals surface area contributed by atoms with Crippen molar-refractivity contribution in [3.05, 3.63) is 35.1 Å². The van der Waals surface area contributed by atoms with Gasteiger partial charge in [-0.2, -0.15) is 13.2 Å². The molecule has 0 spiro atoms. The molecule has 0 amide bonds. The van der Waals surface area contributed by atoms with Gasteiger partial charge >= 0.3 is 6.18 Å². The lowest BCUT2D eigenvalue weighted by Gasteiger charge is -2.16. The number of aliphatic hydroxyl groups excluding tert-OH is 1. The summed E-state index contributed by atoms with van der Waals surface area (Å²) in [7, 11) is 0. The first-order valence-electron chi connectivity index (χ1n) is 4.06. The Bertz CT molecular complexity index is 373. The van der Waals surface area contributed by atoms with Crippen molar-refractivity contribution in [1.82, 2.24) is 0 Å². The lowest BCUT2D eigenvalue weighted by Crippen LogP contribution is -2.16. The minimum atomic E-state index is -4.99. The number of benzene rings is 1. The van der Waals surface area contributed by atoms with Crippen molar-refractivity contribution in [2.24, 2.45) is 0 Å². The Morgan fingerprint density at radius 3 is 2.12 bits per heavy atom. The average molecular weight is 244 g/mol. The third-order valence-corrected chi connectivity index (χ3v) is 1.88. The van der Waals surface area contributed by atoms with Crippen molar-refractivity contribution in [1.29, 1.82) is 0 Å². The summed E-state index contributed by atoms with van der Waals surface area (Å²) in [5.41, 5.74) is -2.64. The van der Waals surface area contributed by atoms with E-state index < -0.39 is 35.6 Å². The molecule has 1 N–H and O–H groups in total. The van der Waals surface area contributed by atoms with E-state index in [1.165, 1.54) is 0 Å². The van der Waals surface area contributed by atoms with Crippen molar-refractivity contribution in [3.8, 4) is 0 Å². The standard InChI is InChI=1S/C9H6F6O/c10-4-1-2-5(7(16)8(11)12)6(3-4)9(13,14)15/h1-3,7-8,16H. The van der Waals surface area contributed by atoms with Crippen molar-refractivity contribution in [2.45, 2.75) is 18.7 Å². The molecule has 0 aromatic heterocycles. The van der Waals surface area contributed by atoms with Gasteiger partial charge in [-0.15, -0.1) is 0 Å². The summed E-state index contributed by atoms with van der Waals surface area (Å²) in [5, 5.41) is 8.86. The van der Waals surface area contributed by atoms with Gasteiger partial charge in [0.2, 0.25) is 0 Å². The molecule has 0 bridgehead atoms. The number of rotatable bonds is 2. The molecule has 1 atom stereocenters. The van der Waals surface area contributed by atoms with Gasteiger partial charge in [-0.1, -0.05) is 6.07 Å². The molecule has 1 aromatic carbocycles. The molecule has 90 valence electrons. The third kappa shape index (κ3) is 2.66. The van der Waals surface area contributed by atoms with E-state index in [9.17, 15) is 26.3 Å². The summed E-state index contributed by atoms with van der Waals surface area (Å²) in [5.74, 6) is -1.21. The number of halogens is 6.